The number of primary amides is 1. The number of carbonyl (C=O) groups excluding carboxylic acids is 1. The Morgan fingerprint density at radius 3 is 2.71 bits per heavy atom. The molecule has 0 aliphatic carbocycles. The number of urea groups is 1. The number of carbonyl (C=O) groups is 1. The van der Waals surface area contributed by atoms with E-state index in [9.17, 15) is 4.79 Å². The number of hydrogen-bond donors (Lipinski definition) is 2. The van der Waals surface area contributed by atoms with Gasteiger partial charge in [-0.2, -0.15) is 5.10 Å². The van der Waals surface area contributed by atoms with Crippen molar-refractivity contribution in [2.75, 3.05) is 5.32 Å². The molecule has 174 valence electrons. The molecule has 5 aromatic rings. The lowest BCUT2D eigenvalue weighted by molar-refractivity contribution is 0.259. The van der Waals surface area contributed by atoms with Crippen LogP contribution in [0.3, 0.4) is 0 Å². The Kier molecular flexibility index (Phi) is 5.80. The zero-order valence-electron chi connectivity index (χ0n) is 19.3. The predicted molar refractivity (Wildman–Crippen MR) is 133 cm³/mol. The second-order valence-electron chi connectivity index (χ2n) is 8.12. The fraction of sp³-hybridized carbons (Fsp3) is 0.115. The molecule has 5 rings (SSSR count). The van der Waals surface area contributed by atoms with Gasteiger partial charge in [-0.3, -0.25) is 4.98 Å². The van der Waals surface area contributed by atoms with Crippen LogP contribution in [0.1, 0.15) is 16.8 Å². The molecule has 0 radical (unpaired) electrons. The van der Waals surface area contributed by atoms with E-state index < -0.39 is 6.03 Å². The van der Waals surface area contributed by atoms with E-state index >= 15 is 0 Å². The van der Waals surface area contributed by atoms with Crippen molar-refractivity contribution in [2.24, 2.45) is 5.73 Å². The summed E-state index contributed by atoms with van der Waals surface area (Å²) in [5, 5.41) is 7.97. The van der Waals surface area contributed by atoms with Gasteiger partial charge in [-0.25, -0.2) is 19.4 Å². The third-order valence-electron chi connectivity index (χ3n) is 5.55. The van der Waals surface area contributed by atoms with E-state index in [0.717, 1.165) is 22.3 Å². The summed E-state index contributed by atoms with van der Waals surface area (Å²) in [6, 6.07) is 16.4. The largest absolute Gasteiger partial charge is 0.487 e. The predicted octanol–water partition coefficient (Wildman–Crippen LogP) is 4.56. The highest BCUT2D eigenvalue weighted by Crippen LogP contribution is 2.36. The molecule has 0 spiro atoms. The summed E-state index contributed by atoms with van der Waals surface area (Å²) in [7, 11) is 0. The topological polar surface area (TPSA) is 121 Å². The average molecular weight is 466 g/mol. The summed E-state index contributed by atoms with van der Waals surface area (Å²) < 4.78 is 7.92. The Morgan fingerprint density at radius 2 is 1.94 bits per heavy atom. The van der Waals surface area contributed by atoms with Gasteiger partial charge in [0.15, 0.2) is 5.65 Å². The molecule has 0 aliphatic heterocycles. The van der Waals surface area contributed by atoms with Gasteiger partial charge in [-0.05, 0) is 55.8 Å². The molecule has 0 bridgehead atoms. The minimum atomic E-state index is -0.659. The molecule has 9 nitrogen and oxygen atoms in total. The Labute approximate surface area is 201 Å². The lowest BCUT2D eigenvalue weighted by Gasteiger charge is -2.14. The fourth-order valence-corrected chi connectivity index (χ4v) is 3.97. The smallest absolute Gasteiger partial charge is 0.316 e. The Morgan fingerprint density at radius 1 is 1.06 bits per heavy atom. The Bertz CT molecular complexity index is 1530. The normalized spacial score (nSPS) is 10.9. The van der Waals surface area contributed by atoms with Crippen LogP contribution in [0, 0.1) is 13.8 Å². The number of amides is 2. The lowest BCUT2D eigenvalue weighted by atomic mass is 10.1. The molecule has 2 aromatic carbocycles. The average Bonchev–Trinajstić information content (AvgIpc) is 3.27. The van der Waals surface area contributed by atoms with Crippen LogP contribution in [0.15, 0.2) is 73.3 Å². The second-order valence-corrected chi connectivity index (χ2v) is 8.12. The summed E-state index contributed by atoms with van der Waals surface area (Å²) >= 11 is 0. The van der Waals surface area contributed by atoms with Crippen molar-refractivity contribution in [3.05, 3.63) is 90.1 Å². The van der Waals surface area contributed by atoms with Crippen molar-refractivity contribution < 1.29 is 9.53 Å². The van der Waals surface area contributed by atoms with Gasteiger partial charge in [0.05, 0.1) is 28.7 Å². The number of hydrogen-bond acceptors (Lipinski definition) is 6. The van der Waals surface area contributed by atoms with E-state index in [1.807, 2.05) is 37.3 Å². The molecule has 3 aromatic heterocycles. The van der Waals surface area contributed by atoms with Crippen molar-refractivity contribution >= 4 is 22.8 Å². The zero-order valence-corrected chi connectivity index (χ0v) is 19.3. The highest BCUT2D eigenvalue weighted by molar-refractivity contribution is 5.95. The maximum Gasteiger partial charge on any atom is 0.316 e. The van der Waals surface area contributed by atoms with Crippen molar-refractivity contribution in [2.45, 2.75) is 20.5 Å². The molecular formula is C26H23N7O2. The Hall–Kier alpha value is -4.79. The third kappa shape index (κ3) is 4.51. The van der Waals surface area contributed by atoms with E-state index in [2.05, 4.69) is 38.4 Å². The number of anilines is 1. The van der Waals surface area contributed by atoms with Gasteiger partial charge in [0, 0.05) is 17.4 Å². The quantitative estimate of drug-likeness (QED) is 0.379. The summed E-state index contributed by atoms with van der Waals surface area (Å²) in [6.45, 7) is 4.37. The van der Waals surface area contributed by atoms with Gasteiger partial charge in [-0.1, -0.05) is 23.8 Å². The number of nitrogens with zero attached hydrogens (tertiary/aromatic N) is 5. The van der Waals surface area contributed by atoms with Crippen LogP contribution in [0.2, 0.25) is 0 Å². The lowest BCUT2D eigenvalue weighted by Crippen LogP contribution is -2.19. The summed E-state index contributed by atoms with van der Waals surface area (Å²) in [6.07, 6.45) is 4.95. The highest BCUT2D eigenvalue weighted by Gasteiger charge is 2.18. The summed E-state index contributed by atoms with van der Waals surface area (Å²) in [5.74, 6) is 0.574. The number of fused-ring (bicyclic) bond motifs is 1. The van der Waals surface area contributed by atoms with Crippen LogP contribution in [0.4, 0.5) is 10.5 Å². The third-order valence-corrected chi connectivity index (χ3v) is 5.55. The van der Waals surface area contributed by atoms with Crippen LogP contribution in [0.5, 0.6) is 5.75 Å². The minimum Gasteiger partial charge on any atom is -0.487 e. The Balaban J connectivity index is 1.61. The van der Waals surface area contributed by atoms with E-state index in [0.29, 0.717) is 28.3 Å². The first-order chi connectivity index (χ1) is 17.0. The van der Waals surface area contributed by atoms with E-state index in [1.54, 1.807) is 35.3 Å². The van der Waals surface area contributed by atoms with Gasteiger partial charge in [-0.15, -0.1) is 0 Å². The van der Waals surface area contributed by atoms with E-state index in [1.165, 1.54) is 11.9 Å². The molecular weight excluding hydrogens is 442 g/mol. The molecule has 35 heavy (non-hydrogen) atoms. The maximum atomic E-state index is 11.5. The van der Waals surface area contributed by atoms with Crippen molar-refractivity contribution in [1.82, 2.24) is 24.7 Å². The molecule has 0 fully saturated rings. The number of aromatic nitrogens is 5. The molecule has 2 amide bonds. The molecule has 9 heteroatoms. The standard InChI is InChI=1S/C26H23N7O2/c1-16-6-8-22(17(2)11-16)33-25-21(13-31-33)24(29-15-30-25)20-12-18(32-26(27)34)7-9-23(20)35-14-19-5-3-4-10-28-19/h3-13,15H,14H2,1-2H3,(H3,27,32,34). The van der Waals surface area contributed by atoms with Gasteiger partial charge in [0.2, 0.25) is 0 Å². The molecule has 3 heterocycles. The van der Waals surface area contributed by atoms with Gasteiger partial charge in [0.1, 0.15) is 18.7 Å². The number of ether oxygens (including phenoxy) is 1. The summed E-state index contributed by atoms with van der Waals surface area (Å²) in [4.78, 5) is 24.9. The first kappa shape index (κ1) is 22.0. The highest BCUT2D eigenvalue weighted by atomic mass is 16.5. The molecule has 3 N–H and O–H groups in total. The van der Waals surface area contributed by atoms with Crippen LogP contribution in [-0.4, -0.2) is 30.8 Å². The van der Waals surface area contributed by atoms with Crippen LogP contribution >= 0.6 is 0 Å². The molecule has 0 aliphatic rings. The van der Waals surface area contributed by atoms with Crippen LogP contribution in [0.25, 0.3) is 28.0 Å². The number of benzene rings is 2. The van der Waals surface area contributed by atoms with Crippen molar-refractivity contribution in [1.29, 1.82) is 0 Å². The molecule has 0 saturated heterocycles. The first-order valence-corrected chi connectivity index (χ1v) is 11.0. The van der Waals surface area contributed by atoms with Gasteiger partial charge < -0.3 is 15.8 Å². The number of rotatable bonds is 6. The fourth-order valence-electron chi connectivity index (χ4n) is 3.97. The SMILES string of the molecule is Cc1ccc(-n2ncc3c(-c4cc(NC(N)=O)ccc4OCc4ccccn4)ncnc32)c(C)c1. The number of pyridine rings is 1. The van der Waals surface area contributed by atoms with Crippen LogP contribution < -0.4 is 15.8 Å². The molecule has 0 atom stereocenters. The number of aryl methyl sites for hydroxylation is 2. The summed E-state index contributed by atoms with van der Waals surface area (Å²) in [5.41, 5.74) is 11.8. The molecule has 0 unspecified atom stereocenters. The monoisotopic (exact) mass is 465 g/mol. The van der Waals surface area contributed by atoms with Crippen LogP contribution in [-0.2, 0) is 6.61 Å². The minimum absolute atomic E-state index is 0.270. The van der Waals surface area contributed by atoms with Gasteiger partial charge in [0.25, 0.3) is 0 Å². The number of nitrogens with one attached hydrogen (secondary N) is 1. The maximum absolute atomic E-state index is 11.5. The molecule has 0 saturated carbocycles. The van der Waals surface area contributed by atoms with E-state index in [4.69, 9.17) is 10.5 Å². The number of nitrogens with two attached hydrogens (primary N) is 1. The van der Waals surface area contributed by atoms with Crippen molar-refractivity contribution in [3.63, 3.8) is 0 Å². The van der Waals surface area contributed by atoms with Gasteiger partial charge >= 0.3 is 6.03 Å². The first-order valence-electron chi connectivity index (χ1n) is 11.0. The second kappa shape index (κ2) is 9.22. The van der Waals surface area contributed by atoms with E-state index in [-0.39, 0.29) is 6.61 Å². The van der Waals surface area contributed by atoms with Crippen molar-refractivity contribution in [3.8, 4) is 22.7 Å². The zero-order chi connectivity index (χ0) is 24.4.